The Hall–Kier alpha value is -1.56. The van der Waals surface area contributed by atoms with E-state index in [4.69, 9.17) is 5.73 Å². The summed E-state index contributed by atoms with van der Waals surface area (Å²) in [5.41, 5.74) is 5.85. The van der Waals surface area contributed by atoms with E-state index in [-0.39, 0.29) is 0 Å². The van der Waals surface area contributed by atoms with Crippen LogP contribution in [0.5, 0.6) is 0 Å². The van der Waals surface area contributed by atoms with Crippen molar-refractivity contribution in [2.75, 3.05) is 12.8 Å². The molecule has 0 saturated heterocycles. The largest absolute Gasteiger partial charge is 0.352 e. The van der Waals surface area contributed by atoms with Crippen molar-refractivity contribution in [3.63, 3.8) is 0 Å². The minimum atomic E-state index is -3.14. The van der Waals surface area contributed by atoms with E-state index in [0.29, 0.717) is 17.9 Å². The van der Waals surface area contributed by atoms with Crippen LogP contribution in [0.1, 0.15) is 5.56 Å². The van der Waals surface area contributed by atoms with Gasteiger partial charge >= 0.3 is 6.03 Å². The predicted octanol–water partition coefficient (Wildman–Crippen LogP) is 0.301. The molecule has 16 heavy (non-hydrogen) atoms. The lowest BCUT2D eigenvalue weighted by Crippen LogP contribution is -2.30. The van der Waals surface area contributed by atoms with Crippen LogP contribution in [0.25, 0.3) is 0 Å². The van der Waals surface area contributed by atoms with Gasteiger partial charge < -0.3 is 11.1 Å². The predicted molar refractivity (Wildman–Crippen MR) is 60.8 cm³/mol. The fourth-order valence-electron chi connectivity index (χ4n) is 1.23. The SMILES string of the molecule is CS(=O)(=O)c1ccc(CCNC(N)=O)cc1. The topological polar surface area (TPSA) is 89.3 Å². The van der Waals surface area contributed by atoms with E-state index in [2.05, 4.69) is 5.32 Å². The van der Waals surface area contributed by atoms with E-state index >= 15 is 0 Å². The molecule has 0 fully saturated rings. The van der Waals surface area contributed by atoms with Crippen LogP contribution in [0.2, 0.25) is 0 Å². The van der Waals surface area contributed by atoms with Crippen molar-refractivity contribution in [2.45, 2.75) is 11.3 Å². The average Bonchev–Trinajstić information content (AvgIpc) is 2.16. The Morgan fingerprint density at radius 2 is 1.88 bits per heavy atom. The van der Waals surface area contributed by atoms with Gasteiger partial charge in [0, 0.05) is 12.8 Å². The summed E-state index contributed by atoms with van der Waals surface area (Å²) in [5.74, 6) is 0. The number of amides is 2. The summed E-state index contributed by atoms with van der Waals surface area (Å²) in [6.45, 7) is 0.438. The van der Waals surface area contributed by atoms with Gasteiger partial charge in [-0.05, 0) is 24.1 Å². The molecule has 5 nitrogen and oxygen atoms in total. The van der Waals surface area contributed by atoms with Gasteiger partial charge in [0.1, 0.15) is 0 Å². The molecule has 0 aromatic heterocycles. The molecule has 0 aliphatic rings. The first-order valence-electron chi connectivity index (χ1n) is 4.72. The first-order valence-corrected chi connectivity index (χ1v) is 6.61. The molecule has 2 amide bonds. The van der Waals surface area contributed by atoms with Gasteiger partial charge in [-0.2, -0.15) is 0 Å². The lowest BCUT2D eigenvalue weighted by molar-refractivity contribution is 0.249. The summed E-state index contributed by atoms with van der Waals surface area (Å²) in [7, 11) is -3.14. The molecule has 0 aliphatic heterocycles. The highest BCUT2D eigenvalue weighted by Crippen LogP contribution is 2.10. The Bertz CT molecular complexity index is 465. The van der Waals surface area contributed by atoms with Crippen LogP contribution < -0.4 is 11.1 Å². The fraction of sp³-hybridized carbons (Fsp3) is 0.300. The smallest absolute Gasteiger partial charge is 0.312 e. The standard InChI is InChI=1S/C10H14N2O3S/c1-16(14,15)9-4-2-8(3-5-9)6-7-12-10(11)13/h2-5H,6-7H2,1H3,(H3,11,12,13). The number of primary amides is 1. The van der Waals surface area contributed by atoms with E-state index in [1.165, 1.54) is 0 Å². The molecule has 1 rings (SSSR count). The van der Waals surface area contributed by atoms with Crippen molar-refractivity contribution in [1.29, 1.82) is 0 Å². The van der Waals surface area contributed by atoms with Crippen molar-refractivity contribution < 1.29 is 13.2 Å². The maximum absolute atomic E-state index is 11.2. The summed E-state index contributed by atoms with van der Waals surface area (Å²) in [5, 5.41) is 2.46. The number of hydrogen-bond acceptors (Lipinski definition) is 3. The van der Waals surface area contributed by atoms with Crippen molar-refractivity contribution in [3.8, 4) is 0 Å². The maximum Gasteiger partial charge on any atom is 0.312 e. The number of rotatable bonds is 4. The second-order valence-electron chi connectivity index (χ2n) is 3.46. The highest BCUT2D eigenvalue weighted by Gasteiger charge is 2.05. The van der Waals surface area contributed by atoms with Crippen LogP contribution in [-0.4, -0.2) is 27.2 Å². The normalized spacial score (nSPS) is 11.1. The van der Waals surface area contributed by atoms with Gasteiger partial charge in [0.05, 0.1) is 4.90 Å². The Labute approximate surface area is 94.6 Å². The molecule has 88 valence electrons. The lowest BCUT2D eigenvalue weighted by atomic mass is 10.1. The van der Waals surface area contributed by atoms with Crippen molar-refractivity contribution in [3.05, 3.63) is 29.8 Å². The number of nitrogens with two attached hydrogens (primary N) is 1. The molecule has 0 radical (unpaired) electrons. The summed E-state index contributed by atoms with van der Waals surface area (Å²) >= 11 is 0. The van der Waals surface area contributed by atoms with E-state index in [9.17, 15) is 13.2 Å². The summed E-state index contributed by atoms with van der Waals surface area (Å²) in [6.07, 6.45) is 1.78. The quantitative estimate of drug-likeness (QED) is 0.795. The molecule has 1 aromatic carbocycles. The summed E-state index contributed by atoms with van der Waals surface area (Å²) in [6, 6.07) is 5.98. The zero-order chi connectivity index (χ0) is 12.2. The van der Waals surface area contributed by atoms with Crippen LogP contribution in [0, 0.1) is 0 Å². The molecule has 0 saturated carbocycles. The van der Waals surface area contributed by atoms with Crippen molar-refractivity contribution in [1.82, 2.24) is 5.32 Å². The van der Waals surface area contributed by atoms with Gasteiger partial charge in [0.15, 0.2) is 9.84 Å². The molecular weight excluding hydrogens is 228 g/mol. The number of carbonyl (C=O) groups is 1. The minimum Gasteiger partial charge on any atom is -0.352 e. The summed E-state index contributed by atoms with van der Waals surface area (Å²) in [4.78, 5) is 10.7. The van der Waals surface area contributed by atoms with Gasteiger partial charge in [-0.1, -0.05) is 12.1 Å². The Morgan fingerprint density at radius 3 is 2.31 bits per heavy atom. The van der Waals surface area contributed by atoms with Crippen LogP contribution in [0.15, 0.2) is 29.2 Å². The molecule has 0 unspecified atom stereocenters. The van der Waals surface area contributed by atoms with Gasteiger partial charge in [-0.25, -0.2) is 13.2 Å². The zero-order valence-corrected chi connectivity index (χ0v) is 9.75. The number of nitrogens with one attached hydrogen (secondary N) is 1. The van der Waals surface area contributed by atoms with Gasteiger partial charge in [-0.15, -0.1) is 0 Å². The van der Waals surface area contributed by atoms with E-state index < -0.39 is 15.9 Å². The highest BCUT2D eigenvalue weighted by atomic mass is 32.2. The average molecular weight is 242 g/mol. The molecule has 0 bridgehead atoms. The Morgan fingerprint density at radius 1 is 1.31 bits per heavy atom. The van der Waals surface area contributed by atoms with Gasteiger partial charge in [0.2, 0.25) is 0 Å². The number of sulfone groups is 1. The number of carbonyl (C=O) groups excluding carboxylic acids is 1. The van der Waals surface area contributed by atoms with Gasteiger partial charge in [0.25, 0.3) is 0 Å². The lowest BCUT2D eigenvalue weighted by Gasteiger charge is -2.03. The van der Waals surface area contributed by atoms with E-state index in [1.807, 2.05) is 0 Å². The molecule has 3 N–H and O–H groups in total. The summed E-state index contributed by atoms with van der Waals surface area (Å²) < 4.78 is 22.3. The number of benzene rings is 1. The third-order valence-electron chi connectivity index (χ3n) is 2.06. The second kappa shape index (κ2) is 4.98. The molecule has 0 heterocycles. The monoisotopic (exact) mass is 242 g/mol. The van der Waals surface area contributed by atoms with Crippen LogP contribution >= 0.6 is 0 Å². The van der Waals surface area contributed by atoms with E-state index in [1.54, 1.807) is 24.3 Å². The van der Waals surface area contributed by atoms with Crippen LogP contribution in [0.3, 0.4) is 0 Å². The minimum absolute atomic E-state index is 0.291. The van der Waals surface area contributed by atoms with Crippen LogP contribution in [0.4, 0.5) is 4.79 Å². The van der Waals surface area contributed by atoms with Crippen LogP contribution in [-0.2, 0) is 16.3 Å². The molecule has 0 aliphatic carbocycles. The third kappa shape index (κ3) is 3.90. The first-order chi connectivity index (χ1) is 7.39. The number of hydrogen-bond donors (Lipinski definition) is 2. The molecule has 6 heteroatoms. The maximum atomic E-state index is 11.2. The Kier molecular flexibility index (Phi) is 3.89. The van der Waals surface area contributed by atoms with Crippen molar-refractivity contribution >= 4 is 15.9 Å². The molecular formula is C10H14N2O3S. The first kappa shape index (κ1) is 12.5. The van der Waals surface area contributed by atoms with Crippen molar-refractivity contribution in [2.24, 2.45) is 5.73 Å². The molecule has 0 atom stereocenters. The molecule has 0 spiro atoms. The Balaban J connectivity index is 2.62. The second-order valence-corrected chi connectivity index (χ2v) is 5.47. The molecule has 1 aromatic rings. The van der Waals surface area contributed by atoms with Gasteiger partial charge in [-0.3, -0.25) is 0 Å². The highest BCUT2D eigenvalue weighted by molar-refractivity contribution is 7.90. The fourth-order valence-corrected chi connectivity index (χ4v) is 1.86. The zero-order valence-electron chi connectivity index (χ0n) is 8.93. The third-order valence-corrected chi connectivity index (χ3v) is 3.19. The van der Waals surface area contributed by atoms with E-state index in [0.717, 1.165) is 11.8 Å². The number of urea groups is 1.